The van der Waals surface area contributed by atoms with Crippen molar-refractivity contribution in [3.05, 3.63) is 85.2 Å². The van der Waals surface area contributed by atoms with Crippen molar-refractivity contribution in [2.24, 2.45) is 10.5 Å². The van der Waals surface area contributed by atoms with Gasteiger partial charge in [0, 0.05) is 80.4 Å². The van der Waals surface area contributed by atoms with Crippen LogP contribution in [0.1, 0.15) is 128 Å². The number of ketones is 2. The highest BCUT2D eigenvalue weighted by atomic mass is 127. The molecule has 2 aromatic carbocycles. The highest BCUT2D eigenvalue weighted by Crippen LogP contribution is 2.56. The second-order valence-electron chi connectivity index (χ2n) is 27.9. The van der Waals surface area contributed by atoms with E-state index in [0.29, 0.717) is 46.6 Å². The molecule has 34 heteroatoms. The third-order valence-corrected chi connectivity index (χ3v) is 25.8. The zero-order chi connectivity index (χ0) is 78.1. The lowest BCUT2D eigenvalue weighted by atomic mass is 9.78. The van der Waals surface area contributed by atoms with Gasteiger partial charge in [0.15, 0.2) is 30.3 Å². The zero-order valence-electron chi connectivity index (χ0n) is 61.9. The van der Waals surface area contributed by atoms with Gasteiger partial charge in [-0.05, 0) is 133 Å². The molecular formula is C73H98IN5O25S3. The van der Waals surface area contributed by atoms with Crippen LogP contribution in [-0.2, 0) is 73.3 Å². The number of aliphatic hydroxyl groups is 7. The smallest absolute Gasteiger partial charge is 0.250 e. The predicted molar refractivity (Wildman–Crippen MR) is 400 cm³/mol. The van der Waals surface area contributed by atoms with Crippen molar-refractivity contribution in [3.8, 4) is 29.1 Å². The lowest BCUT2D eigenvalue weighted by Crippen LogP contribution is -2.65. The van der Waals surface area contributed by atoms with E-state index in [-0.39, 0.29) is 88.7 Å². The minimum Gasteiger partial charge on any atom is -0.495 e. The Morgan fingerprint density at radius 2 is 1.60 bits per heavy atom. The number of thioether (sulfide) groups is 1. The summed E-state index contributed by atoms with van der Waals surface area (Å²) in [4.78, 5) is 88.0. The minimum atomic E-state index is -2.12. The molecule has 3 amide bonds. The van der Waals surface area contributed by atoms with Crippen molar-refractivity contribution < 1.29 is 121 Å². The number of methoxy groups -OCH3 is 3. The third kappa shape index (κ3) is 19.8. The summed E-state index contributed by atoms with van der Waals surface area (Å²) in [5, 5.41) is 85.4. The van der Waals surface area contributed by atoms with Crippen LogP contribution in [0.25, 0.3) is 0 Å². The lowest BCUT2D eigenvalue weighted by molar-refractivity contribution is -0.342. The Morgan fingerprint density at radius 3 is 2.24 bits per heavy atom. The number of halogens is 1. The highest BCUT2D eigenvalue weighted by Gasteiger charge is 2.59. The van der Waals surface area contributed by atoms with Crippen LogP contribution in [0.3, 0.4) is 0 Å². The molecule has 590 valence electrons. The van der Waals surface area contributed by atoms with Crippen molar-refractivity contribution >= 4 is 96.1 Å². The molecular weight excluding hydrogens is 1570 g/mol. The molecule has 2 aromatic rings. The Bertz CT molecular complexity index is 3750. The van der Waals surface area contributed by atoms with Crippen LogP contribution in [0.4, 0.5) is 0 Å². The van der Waals surface area contributed by atoms with Crippen LogP contribution >= 0.6 is 55.9 Å². The van der Waals surface area contributed by atoms with Gasteiger partial charge in [-0.2, -0.15) is 10.6 Å². The molecule has 0 radical (unpaired) electrons. The van der Waals surface area contributed by atoms with Crippen molar-refractivity contribution in [2.75, 3.05) is 53.4 Å². The van der Waals surface area contributed by atoms with Gasteiger partial charge in [0.2, 0.25) is 29.1 Å². The molecule has 4 saturated heterocycles. The number of carbonyl (C=O) groups excluding carboxylic acids is 6. The van der Waals surface area contributed by atoms with Gasteiger partial charge >= 0.3 is 0 Å². The summed E-state index contributed by atoms with van der Waals surface area (Å²) in [6.45, 7) is 15.8. The van der Waals surface area contributed by atoms with E-state index in [0.717, 1.165) is 17.3 Å². The van der Waals surface area contributed by atoms with Crippen LogP contribution in [0, 0.1) is 27.7 Å². The number of hydrogen-bond donors (Lipinski definition) is 10. The summed E-state index contributed by atoms with van der Waals surface area (Å²) >= 11 is 2.73. The first-order chi connectivity index (χ1) is 50.8. The molecule has 6 unspecified atom stereocenters. The molecule has 4 aliphatic heterocycles. The molecule has 107 heavy (non-hydrogen) atoms. The molecule has 0 saturated carbocycles. The first-order valence-corrected chi connectivity index (χ1v) is 39.5. The molecule has 0 aromatic heterocycles. The Hall–Kier alpha value is -5.19. The molecule has 20 atom stereocenters. The number of nitrogens with one attached hydrogen (secondary N) is 3. The number of nitrogens with zero attached hydrogens (tertiary/aromatic N) is 2. The number of hydroxylamine groups is 1. The van der Waals surface area contributed by atoms with Crippen LogP contribution in [0.5, 0.6) is 17.2 Å². The summed E-state index contributed by atoms with van der Waals surface area (Å²) in [6, 6.07) is 5.45. The number of amides is 3. The summed E-state index contributed by atoms with van der Waals surface area (Å²) in [6.07, 6.45) is -13.1. The molecule has 0 spiro atoms. The number of hydrogen-bond acceptors (Lipinski definition) is 30. The molecule has 2 bridgehead atoms. The number of likely N-dealkylation sites (N-methyl/N-ethyl adjacent to an activating group) is 1. The van der Waals surface area contributed by atoms with E-state index < -0.39 is 162 Å². The topological polar surface area (TPSA) is 406 Å². The van der Waals surface area contributed by atoms with Gasteiger partial charge in [-0.3, -0.25) is 28.8 Å². The normalized spacial score (nSPS) is 32.4. The Morgan fingerprint density at radius 1 is 0.879 bits per heavy atom. The van der Waals surface area contributed by atoms with Gasteiger partial charge in [-0.25, -0.2) is 5.43 Å². The van der Waals surface area contributed by atoms with Gasteiger partial charge in [-0.1, -0.05) is 57.3 Å². The van der Waals surface area contributed by atoms with Crippen LogP contribution in [0.2, 0.25) is 0 Å². The Balaban J connectivity index is 0.950. The molecule has 4 fully saturated rings. The SMILES string of the molecule is CCN(C(C)=O)[C@H]1CO[C@@H](OC2[C@H](O[C@@H]3C4=C(NC(=O)CO)C(=O)C[C@@]5(O)C#C/C=C\C3(CSSC(C)(C)CC(=O)N/N=C(\C)c3ccc(OCCCC(C)=O)cc3)C=C45)OC(C)[C@@H](NO[C@H]3C[C@@H](O)[C@H](SC(=O)c4c(C)c(I)c(O[C@@H]5OC(C)[C@H](O)[C@H](OC)C5O)c(CO)c4OC)C(C)O3)[C@H]2O)C[C@H]1OC. The largest absolute Gasteiger partial charge is 0.495 e. The van der Waals surface area contributed by atoms with Crippen molar-refractivity contribution in [2.45, 2.75) is 234 Å². The van der Waals surface area contributed by atoms with Crippen molar-refractivity contribution in [3.63, 3.8) is 0 Å². The van der Waals surface area contributed by atoms with Gasteiger partial charge in [-0.15, -0.1) is 0 Å². The molecule has 30 nitrogen and oxygen atoms in total. The summed E-state index contributed by atoms with van der Waals surface area (Å²) in [7, 11) is 6.82. The maximum Gasteiger partial charge on any atom is 0.250 e. The Kier molecular flexibility index (Phi) is 30.0. The number of Topliss-reactive ketones (excluding diaryl/α,β-unsaturated/α-hetero) is 2. The average Bonchev–Trinajstić information content (AvgIpc) is 1.56. The number of carbonyl (C=O) groups is 6. The van der Waals surface area contributed by atoms with Crippen LogP contribution < -0.4 is 30.4 Å². The van der Waals surface area contributed by atoms with E-state index in [4.69, 9.17) is 56.9 Å². The summed E-state index contributed by atoms with van der Waals surface area (Å²) < 4.78 is 67.9. The highest BCUT2D eigenvalue weighted by molar-refractivity contribution is 14.1. The predicted octanol–water partition coefficient (Wildman–Crippen LogP) is 3.87. The van der Waals surface area contributed by atoms with E-state index >= 15 is 0 Å². The molecule has 9 rings (SSSR count). The van der Waals surface area contributed by atoms with E-state index in [1.807, 2.05) is 55.5 Å². The number of hydrazone groups is 1. The molecule has 4 heterocycles. The maximum atomic E-state index is 14.6. The number of allylic oxidation sites excluding steroid dienone is 2. The first kappa shape index (κ1) is 85.8. The quantitative estimate of drug-likeness (QED) is 0.0124. The molecule has 10 N–H and O–H groups in total. The van der Waals surface area contributed by atoms with Crippen molar-refractivity contribution in [1.29, 1.82) is 0 Å². The summed E-state index contributed by atoms with van der Waals surface area (Å²) in [5.74, 6) is 4.26. The second-order valence-corrected chi connectivity index (χ2v) is 33.1. The number of benzene rings is 2. The van der Waals surface area contributed by atoms with E-state index in [2.05, 4.69) is 33.2 Å². The monoisotopic (exact) mass is 1670 g/mol. The van der Waals surface area contributed by atoms with Gasteiger partial charge in [0.25, 0.3) is 0 Å². The van der Waals surface area contributed by atoms with E-state index in [9.17, 15) is 64.5 Å². The fourth-order valence-corrected chi connectivity index (χ4v) is 18.9. The number of fused-ring (bicyclic) bond motifs is 1. The third-order valence-electron chi connectivity index (χ3n) is 19.7. The maximum absolute atomic E-state index is 14.6. The van der Waals surface area contributed by atoms with Gasteiger partial charge in [0.05, 0.1) is 107 Å². The van der Waals surface area contributed by atoms with Gasteiger partial charge in [0.1, 0.15) is 66.3 Å². The molecule has 7 aliphatic rings. The van der Waals surface area contributed by atoms with Crippen molar-refractivity contribution in [1.82, 2.24) is 21.1 Å². The average molecular weight is 1670 g/mol. The molecule has 3 aliphatic carbocycles. The number of aliphatic hydroxyl groups excluding tert-OH is 6. The lowest BCUT2D eigenvalue weighted by Gasteiger charge is -2.48. The number of rotatable bonds is 32. The zero-order valence-corrected chi connectivity index (χ0v) is 66.5. The van der Waals surface area contributed by atoms with Crippen LogP contribution in [-0.4, -0.2) is 254 Å². The fraction of sp³-hybridized carbons (Fsp3) is 0.630. The van der Waals surface area contributed by atoms with E-state index in [1.54, 1.807) is 63.8 Å². The van der Waals surface area contributed by atoms with E-state index in [1.165, 1.54) is 62.8 Å². The standard InChI is InChI=1S/C73H98IN5O25S3/c1-14-79(41(8)83)46-33-97-52(27-49(46)93-11)101-65-60(89)57(78-104-53-26-47(84)66(40(7)98-53)106-68(91)54-36(3)56(74)63(44(31-80)62(54)94-12)102-69-61(90)64(95-13)59(88)39(6)100-69)38(5)99-70(65)103-67-55-45-28-72(67,23-15-16-24-73(45,92)29-48(85)58(55)75-51(87)32-81)34-105-107-71(9,10)30-50(86)77-76-37(4)42-19-21-43(22-20-42)96-25-17-18-35(2)82/h15,19-23,28,38-40,46-47,49,52-53,57,59-61,64-67,69-70,78,80-81,84,88-90,92H,14,17-18,25-27,29-34H2,1-13H3,(H,75,87)(H,77,86)/b23-15-,76-37+/t38?,39?,40?,46-,47+,49+,52-,53-,57+,59-,60+,61?,64-,65?,66+,67+,69-,70-,72?,73-/m0/s1. The minimum absolute atomic E-state index is 0.0106. The Labute approximate surface area is 647 Å². The summed E-state index contributed by atoms with van der Waals surface area (Å²) in [5.41, 5.74) is 3.70. The first-order valence-electron chi connectivity index (χ1n) is 35.2. The number of ether oxygens (including phenoxy) is 11. The van der Waals surface area contributed by atoms with Gasteiger partial charge < -0.3 is 103 Å². The van der Waals surface area contributed by atoms with Crippen LogP contribution in [0.15, 0.2) is 64.4 Å². The fourth-order valence-electron chi connectivity index (χ4n) is 14.0. The second kappa shape index (κ2) is 37.4.